The highest BCUT2D eigenvalue weighted by Crippen LogP contribution is 2.42. The second-order valence-corrected chi connectivity index (χ2v) is 13.2. The average Bonchev–Trinajstić information content (AvgIpc) is 3.11. The van der Waals surface area contributed by atoms with E-state index in [1.54, 1.807) is 37.1 Å². The smallest absolute Gasteiger partial charge is 0.315 e. The topological polar surface area (TPSA) is 68.3 Å². The first-order valence-corrected chi connectivity index (χ1v) is 17.0. The number of methoxy groups -OCH3 is 1. The SMILES string of the molecule is CCOC(=O)C1(COc2ccc(F)c3c2CCC(=O)N3Cc2ccc(OC)cc2)CCN(c2cc(F)c(-c3ccc(Cl)cc3Cl)cc2F)CC1. The Morgan fingerprint density at radius 3 is 2.30 bits per heavy atom. The summed E-state index contributed by atoms with van der Waals surface area (Å²) in [5.41, 5.74) is 0.753. The van der Waals surface area contributed by atoms with Crippen molar-refractivity contribution in [3.05, 3.63) is 105 Å². The molecule has 0 radical (unpaired) electrons. The first kappa shape index (κ1) is 35.4. The number of nitrogens with zero attached hydrogens (tertiary/aromatic N) is 2. The molecule has 2 aliphatic heterocycles. The molecular weight excluding hydrogens is 692 g/mol. The van der Waals surface area contributed by atoms with Crippen molar-refractivity contribution in [2.75, 3.05) is 43.2 Å². The van der Waals surface area contributed by atoms with E-state index in [0.29, 0.717) is 27.6 Å². The van der Waals surface area contributed by atoms with Crippen molar-refractivity contribution in [1.82, 2.24) is 0 Å². The van der Waals surface area contributed by atoms with Crippen molar-refractivity contribution in [2.24, 2.45) is 5.41 Å². The molecule has 0 unspecified atom stereocenters. The van der Waals surface area contributed by atoms with Gasteiger partial charge in [0.15, 0.2) is 0 Å². The quantitative estimate of drug-likeness (QED) is 0.152. The molecule has 6 rings (SSSR count). The molecular formula is C38H35Cl2F3N2O5. The van der Waals surface area contributed by atoms with Crippen molar-refractivity contribution >= 4 is 46.5 Å². The number of benzene rings is 4. The number of hydrogen-bond donors (Lipinski definition) is 0. The van der Waals surface area contributed by atoms with E-state index >= 15 is 13.2 Å². The number of rotatable bonds is 10. The van der Waals surface area contributed by atoms with E-state index in [0.717, 1.165) is 17.7 Å². The van der Waals surface area contributed by atoms with Crippen LogP contribution in [0.4, 0.5) is 24.5 Å². The van der Waals surface area contributed by atoms with Crippen LogP contribution in [0.3, 0.4) is 0 Å². The monoisotopic (exact) mass is 726 g/mol. The van der Waals surface area contributed by atoms with Crippen LogP contribution in [0, 0.1) is 22.9 Å². The minimum absolute atomic E-state index is 0.00564. The van der Waals surface area contributed by atoms with E-state index in [1.165, 1.54) is 29.2 Å². The van der Waals surface area contributed by atoms with Crippen LogP contribution < -0.4 is 19.3 Å². The van der Waals surface area contributed by atoms with Crippen molar-refractivity contribution < 1.29 is 37.0 Å². The first-order chi connectivity index (χ1) is 24.0. The summed E-state index contributed by atoms with van der Waals surface area (Å²) in [6, 6.07) is 16.7. The van der Waals surface area contributed by atoms with Gasteiger partial charge < -0.3 is 24.0 Å². The van der Waals surface area contributed by atoms with Crippen molar-refractivity contribution in [3.63, 3.8) is 0 Å². The molecule has 0 spiro atoms. The largest absolute Gasteiger partial charge is 0.497 e. The number of fused-ring (bicyclic) bond motifs is 1. The van der Waals surface area contributed by atoms with Gasteiger partial charge in [-0.15, -0.1) is 0 Å². The molecule has 7 nitrogen and oxygen atoms in total. The third kappa shape index (κ3) is 7.09. The molecule has 2 aliphatic rings. The van der Waals surface area contributed by atoms with Gasteiger partial charge in [-0.3, -0.25) is 9.59 Å². The molecule has 1 saturated heterocycles. The van der Waals surface area contributed by atoms with Gasteiger partial charge in [-0.25, -0.2) is 13.2 Å². The summed E-state index contributed by atoms with van der Waals surface area (Å²) in [6.07, 6.45) is 0.876. The summed E-state index contributed by atoms with van der Waals surface area (Å²) in [6.45, 7) is 2.35. The minimum atomic E-state index is -1.10. The lowest BCUT2D eigenvalue weighted by Gasteiger charge is -2.41. The zero-order valence-corrected chi connectivity index (χ0v) is 29.1. The number of amides is 1. The van der Waals surface area contributed by atoms with E-state index in [1.807, 2.05) is 12.1 Å². The maximum Gasteiger partial charge on any atom is 0.315 e. The Labute approximate surface area is 298 Å². The lowest BCUT2D eigenvalue weighted by atomic mass is 9.78. The number of carbonyl (C=O) groups excluding carboxylic acids is 2. The summed E-state index contributed by atoms with van der Waals surface area (Å²) in [5.74, 6) is -1.50. The zero-order valence-electron chi connectivity index (χ0n) is 27.5. The Morgan fingerprint density at radius 2 is 1.62 bits per heavy atom. The summed E-state index contributed by atoms with van der Waals surface area (Å²) < 4.78 is 63.3. The molecule has 12 heteroatoms. The predicted molar refractivity (Wildman–Crippen MR) is 187 cm³/mol. The highest BCUT2D eigenvalue weighted by atomic mass is 35.5. The standard InChI is InChI=1S/C38H35Cl2F3N2O5/c1-3-49-37(47)38(14-16-44(17-15-38)33-20-31(42)28(19-32(33)43)26-9-6-24(39)18-29(26)40)22-50-34-12-11-30(41)36-27(34)10-13-35(46)45(36)21-23-4-7-25(48-2)8-5-23/h4-9,11-12,18-20H,3,10,13-17,21-22H2,1-2H3. The van der Waals surface area contributed by atoms with E-state index < -0.39 is 28.8 Å². The number of piperidine rings is 1. The van der Waals surface area contributed by atoms with Gasteiger partial charge in [0.05, 0.1) is 31.6 Å². The molecule has 0 bridgehead atoms. The van der Waals surface area contributed by atoms with E-state index in [9.17, 15) is 9.59 Å². The Morgan fingerprint density at radius 1 is 0.880 bits per heavy atom. The molecule has 4 aromatic rings. The molecule has 0 aromatic heterocycles. The highest BCUT2D eigenvalue weighted by Gasteiger charge is 2.44. The Kier molecular flexibility index (Phi) is 10.5. The molecule has 0 atom stereocenters. The Hall–Kier alpha value is -4.41. The molecule has 0 saturated carbocycles. The molecule has 0 aliphatic carbocycles. The normalized spacial score (nSPS) is 15.5. The third-order valence-corrected chi connectivity index (χ3v) is 9.93. The number of esters is 1. The van der Waals surface area contributed by atoms with Gasteiger partial charge in [0.1, 0.15) is 41.0 Å². The van der Waals surface area contributed by atoms with Crippen molar-refractivity contribution in [2.45, 2.75) is 39.2 Å². The van der Waals surface area contributed by atoms with Gasteiger partial charge in [-0.2, -0.15) is 0 Å². The Bertz CT molecular complexity index is 1920. The second-order valence-electron chi connectivity index (χ2n) is 12.4. The zero-order chi connectivity index (χ0) is 35.6. The number of ether oxygens (including phenoxy) is 3. The molecule has 1 fully saturated rings. The lowest BCUT2D eigenvalue weighted by molar-refractivity contribution is -0.159. The molecule has 1 amide bonds. The predicted octanol–water partition coefficient (Wildman–Crippen LogP) is 8.79. The highest BCUT2D eigenvalue weighted by molar-refractivity contribution is 6.36. The molecule has 4 aromatic carbocycles. The number of hydrogen-bond acceptors (Lipinski definition) is 6. The maximum atomic E-state index is 15.5. The summed E-state index contributed by atoms with van der Waals surface area (Å²) >= 11 is 12.2. The second kappa shape index (κ2) is 14.8. The minimum Gasteiger partial charge on any atom is -0.497 e. The van der Waals surface area contributed by atoms with Crippen LogP contribution in [0.25, 0.3) is 11.1 Å². The average molecular weight is 728 g/mol. The van der Waals surface area contributed by atoms with Crippen LogP contribution in [0.2, 0.25) is 10.0 Å². The first-order valence-electron chi connectivity index (χ1n) is 16.3. The van der Waals surface area contributed by atoms with Crippen LogP contribution in [0.15, 0.2) is 66.7 Å². The van der Waals surface area contributed by atoms with Gasteiger partial charge in [0, 0.05) is 52.3 Å². The fraction of sp³-hybridized carbons (Fsp3) is 0.316. The molecule has 50 heavy (non-hydrogen) atoms. The van der Waals surface area contributed by atoms with E-state index in [-0.39, 0.29) is 86.4 Å². The Balaban J connectivity index is 1.21. The van der Waals surface area contributed by atoms with Crippen molar-refractivity contribution in [3.8, 4) is 22.6 Å². The van der Waals surface area contributed by atoms with E-state index in [2.05, 4.69) is 0 Å². The van der Waals surface area contributed by atoms with Gasteiger partial charge in [-0.1, -0.05) is 41.4 Å². The summed E-state index contributed by atoms with van der Waals surface area (Å²) in [5, 5.41) is 0.569. The molecule has 2 heterocycles. The van der Waals surface area contributed by atoms with Crippen LogP contribution in [-0.2, 0) is 27.3 Å². The van der Waals surface area contributed by atoms with Gasteiger partial charge in [0.2, 0.25) is 5.91 Å². The van der Waals surface area contributed by atoms with Crippen LogP contribution >= 0.6 is 23.2 Å². The summed E-state index contributed by atoms with van der Waals surface area (Å²) in [7, 11) is 1.56. The third-order valence-electron chi connectivity index (χ3n) is 9.38. The number of anilines is 2. The fourth-order valence-corrected chi connectivity index (χ4v) is 7.12. The maximum absolute atomic E-state index is 15.5. The van der Waals surface area contributed by atoms with Crippen molar-refractivity contribution in [1.29, 1.82) is 0 Å². The van der Waals surface area contributed by atoms with Crippen LogP contribution in [0.5, 0.6) is 11.5 Å². The number of carbonyl (C=O) groups is 2. The lowest BCUT2D eigenvalue weighted by Crippen LogP contribution is -2.48. The molecule has 262 valence electrons. The van der Waals surface area contributed by atoms with Crippen LogP contribution in [-0.4, -0.2) is 45.3 Å². The van der Waals surface area contributed by atoms with E-state index in [4.69, 9.17) is 37.4 Å². The fourth-order valence-electron chi connectivity index (χ4n) is 6.61. The van der Waals surface area contributed by atoms with Crippen LogP contribution in [0.1, 0.15) is 37.3 Å². The van der Waals surface area contributed by atoms with Gasteiger partial charge >= 0.3 is 5.97 Å². The van der Waals surface area contributed by atoms with Gasteiger partial charge in [0.25, 0.3) is 0 Å². The number of halogens is 5. The van der Waals surface area contributed by atoms with Gasteiger partial charge in [-0.05, 0) is 74.2 Å². The summed E-state index contributed by atoms with van der Waals surface area (Å²) in [4.78, 5) is 29.6. The molecule has 0 N–H and O–H groups in total.